The average Bonchev–Trinajstić information content (AvgIpc) is 3.11. The van der Waals surface area contributed by atoms with E-state index < -0.39 is 0 Å². The van der Waals surface area contributed by atoms with Gasteiger partial charge in [-0.05, 0) is 30.5 Å². The molecule has 0 unspecified atom stereocenters. The molecule has 1 aromatic carbocycles. The van der Waals surface area contributed by atoms with Gasteiger partial charge < -0.3 is 0 Å². The molecule has 0 saturated heterocycles. The molecular formula is C16H18N6O. The van der Waals surface area contributed by atoms with Crippen molar-refractivity contribution >= 4 is 11.9 Å². The fraction of sp³-hybridized carbons (Fsp3) is 0.250. The lowest BCUT2D eigenvalue weighted by atomic mass is 10.1. The molecule has 7 heteroatoms. The van der Waals surface area contributed by atoms with Crippen molar-refractivity contribution in [2.75, 3.05) is 5.32 Å². The van der Waals surface area contributed by atoms with E-state index in [1.54, 1.807) is 21.9 Å². The normalized spacial score (nSPS) is 10.7. The molecule has 0 aliphatic carbocycles. The van der Waals surface area contributed by atoms with E-state index in [2.05, 4.69) is 39.6 Å². The maximum absolute atomic E-state index is 12.0. The Labute approximate surface area is 134 Å². The van der Waals surface area contributed by atoms with Crippen LogP contribution >= 0.6 is 0 Å². The molecule has 2 heterocycles. The van der Waals surface area contributed by atoms with Gasteiger partial charge in [0.05, 0.1) is 12.7 Å². The number of nitrogens with zero attached hydrogens (tertiary/aromatic N) is 5. The van der Waals surface area contributed by atoms with Gasteiger partial charge in [0, 0.05) is 6.20 Å². The topological polar surface area (TPSA) is 77.6 Å². The zero-order valence-corrected chi connectivity index (χ0v) is 13.1. The smallest absolute Gasteiger partial charge is 0.248 e. The maximum Gasteiger partial charge on any atom is 0.248 e. The number of hydrogen-bond donors (Lipinski definition) is 1. The lowest BCUT2D eigenvalue weighted by Gasteiger charge is -2.04. The van der Waals surface area contributed by atoms with Crippen LogP contribution in [0, 0.1) is 13.8 Å². The van der Waals surface area contributed by atoms with Crippen LogP contribution in [0.5, 0.6) is 0 Å². The Balaban J connectivity index is 1.61. The number of nitrogens with one attached hydrogen (secondary N) is 1. The second-order valence-electron chi connectivity index (χ2n) is 5.46. The molecule has 0 fully saturated rings. The van der Waals surface area contributed by atoms with Crippen LogP contribution in [0.25, 0.3) is 0 Å². The van der Waals surface area contributed by atoms with Crippen molar-refractivity contribution in [3.05, 3.63) is 59.7 Å². The third-order valence-electron chi connectivity index (χ3n) is 3.45. The van der Waals surface area contributed by atoms with Gasteiger partial charge in [0.25, 0.3) is 0 Å². The summed E-state index contributed by atoms with van der Waals surface area (Å²) in [6.07, 6.45) is 5.13. The van der Waals surface area contributed by atoms with Crippen LogP contribution in [0.15, 0.2) is 43.0 Å². The van der Waals surface area contributed by atoms with Crippen LogP contribution in [0.3, 0.4) is 0 Å². The third-order valence-corrected chi connectivity index (χ3v) is 3.45. The number of carbonyl (C=O) groups is 1. The van der Waals surface area contributed by atoms with E-state index >= 15 is 0 Å². The van der Waals surface area contributed by atoms with Crippen LogP contribution < -0.4 is 5.32 Å². The highest BCUT2D eigenvalue weighted by atomic mass is 16.2. The Bertz CT molecular complexity index is 819. The summed E-state index contributed by atoms with van der Waals surface area (Å²) < 4.78 is 3.28. The van der Waals surface area contributed by atoms with E-state index in [0.29, 0.717) is 12.5 Å². The van der Waals surface area contributed by atoms with E-state index in [-0.39, 0.29) is 12.5 Å². The summed E-state index contributed by atoms with van der Waals surface area (Å²) in [4.78, 5) is 16.1. The Morgan fingerprint density at radius 1 is 1.22 bits per heavy atom. The predicted molar refractivity (Wildman–Crippen MR) is 85.9 cm³/mol. The standard InChI is InChI=1S/C16H18N6O/c1-12-7-18-21(8-12)10-15(23)19-16-17-11-22(20-16)9-14-6-4-3-5-13(14)2/h3-8,11H,9-10H2,1-2H3,(H,19,20,23). The Morgan fingerprint density at radius 2 is 2.04 bits per heavy atom. The number of aromatic nitrogens is 5. The Morgan fingerprint density at radius 3 is 2.78 bits per heavy atom. The quantitative estimate of drug-likeness (QED) is 0.779. The molecule has 0 aliphatic rings. The van der Waals surface area contributed by atoms with Gasteiger partial charge in [0.1, 0.15) is 12.9 Å². The molecule has 0 saturated carbocycles. The van der Waals surface area contributed by atoms with E-state index in [4.69, 9.17) is 0 Å². The van der Waals surface area contributed by atoms with Crippen LogP contribution in [-0.2, 0) is 17.9 Å². The SMILES string of the molecule is Cc1cnn(CC(=O)Nc2ncn(Cc3ccccc3C)n2)c1. The number of aryl methyl sites for hydroxylation is 2. The molecule has 1 amide bonds. The second kappa shape index (κ2) is 6.43. The van der Waals surface area contributed by atoms with Crippen molar-refractivity contribution < 1.29 is 4.79 Å². The van der Waals surface area contributed by atoms with Gasteiger partial charge >= 0.3 is 0 Å². The molecule has 118 valence electrons. The fourth-order valence-electron chi connectivity index (χ4n) is 2.25. The first-order chi connectivity index (χ1) is 11.1. The summed E-state index contributed by atoms with van der Waals surface area (Å²) in [5, 5.41) is 11.0. The number of rotatable bonds is 5. The molecule has 3 aromatic rings. The van der Waals surface area contributed by atoms with Gasteiger partial charge in [0.15, 0.2) is 0 Å². The minimum Gasteiger partial charge on any atom is -0.292 e. The van der Waals surface area contributed by atoms with Gasteiger partial charge in [-0.3, -0.25) is 14.8 Å². The van der Waals surface area contributed by atoms with Crippen LogP contribution in [0.1, 0.15) is 16.7 Å². The summed E-state index contributed by atoms with van der Waals surface area (Å²) >= 11 is 0. The highest BCUT2D eigenvalue weighted by Gasteiger charge is 2.08. The fourth-order valence-corrected chi connectivity index (χ4v) is 2.25. The average molecular weight is 310 g/mol. The Hall–Kier alpha value is -2.96. The zero-order valence-electron chi connectivity index (χ0n) is 13.1. The summed E-state index contributed by atoms with van der Waals surface area (Å²) in [6.45, 7) is 4.74. The summed E-state index contributed by atoms with van der Waals surface area (Å²) in [6, 6.07) is 8.10. The lowest BCUT2D eigenvalue weighted by Crippen LogP contribution is -2.20. The van der Waals surface area contributed by atoms with Crippen LogP contribution in [0.2, 0.25) is 0 Å². The minimum absolute atomic E-state index is 0.139. The molecular weight excluding hydrogens is 292 g/mol. The molecule has 23 heavy (non-hydrogen) atoms. The third kappa shape index (κ3) is 3.82. The lowest BCUT2D eigenvalue weighted by molar-refractivity contribution is -0.116. The predicted octanol–water partition coefficient (Wildman–Crippen LogP) is 1.78. The number of amides is 1. The molecule has 1 N–H and O–H groups in total. The van der Waals surface area contributed by atoms with Crippen molar-refractivity contribution in [3.63, 3.8) is 0 Å². The van der Waals surface area contributed by atoms with Crippen molar-refractivity contribution in [1.29, 1.82) is 0 Å². The highest BCUT2D eigenvalue weighted by Crippen LogP contribution is 2.09. The van der Waals surface area contributed by atoms with Gasteiger partial charge in [0.2, 0.25) is 11.9 Å². The second-order valence-corrected chi connectivity index (χ2v) is 5.46. The minimum atomic E-state index is -0.207. The summed E-state index contributed by atoms with van der Waals surface area (Å²) in [7, 11) is 0. The van der Waals surface area contributed by atoms with Crippen molar-refractivity contribution in [2.24, 2.45) is 0 Å². The van der Waals surface area contributed by atoms with Crippen molar-refractivity contribution in [2.45, 2.75) is 26.9 Å². The molecule has 0 aliphatic heterocycles. The largest absolute Gasteiger partial charge is 0.292 e. The zero-order chi connectivity index (χ0) is 16.2. The van der Waals surface area contributed by atoms with Crippen molar-refractivity contribution in [1.82, 2.24) is 24.5 Å². The van der Waals surface area contributed by atoms with Crippen LogP contribution in [-0.4, -0.2) is 30.5 Å². The molecule has 0 radical (unpaired) electrons. The van der Waals surface area contributed by atoms with E-state index in [1.165, 1.54) is 11.1 Å². The molecule has 0 atom stereocenters. The maximum atomic E-state index is 12.0. The first-order valence-electron chi connectivity index (χ1n) is 7.33. The monoisotopic (exact) mass is 310 g/mol. The Kier molecular flexibility index (Phi) is 4.18. The molecule has 0 spiro atoms. The molecule has 3 rings (SSSR count). The highest BCUT2D eigenvalue weighted by molar-refractivity contribution is 5.88. The van der Waals surface area contributed by atoms with Crippen molar-refractivity contribution in [3.8, 4) is 0 Å². The summed E-state index contributed by atoms with van der Waals surface area (Å²) in [5.74, 6) is 0.0919. The van der Waals surface area contributed by atoms with Crippen LogP contribution in [0.4, 0.5) is 5.95 Å². The number of anilines is 1. The first kappa shape index (κ1) is 15.0. The summed E-state index contributed by atoms with van der Waals surface area (Å²) in [5.41, 5.74) is 3.38. The van der Waals surface area contributed by atoms with E-state index in [1.807, 2.05) is 25.3 Å². The van der Waals surface area contributed by atoms with Gasteiger partial charge in [-0.25, -0.2) is 9.67 Å². The van der Waals surface area contributed by atoms with Gasteiger partial charge in [-0.1, -0.05) is 24.3 Å². The van der Waals surface area contributed by atoms with E-state index in [9.17, 15) is 4.79 Å². The first-order valence-corrected chi connectivity index (χ1v) is 7.33. The molecule has 7 nitrogen and oxygen atoms in total. The molecule has 0 bridgehead atoms. The van der Waals surface area contributed by atoms with Gasteiger partial charge in [-0.15, -0.1) is 5.10 Å². The number of benzene rings is 1. The molecule has 2 aromatic heterocycles. The van der Waals surface area contributed by atoms with Gasteiger partial charge in [-0.2, -0.15) is 5.10 Å². The van der Waals surface area contributed by atoms with E-state index in [0.717, 1.165) is 5.56 Å². The number of carbonyl (C=O) groups excluding carboxylic acids is 1. The number of hydrogen-bond acceptors (Lipinski definition) is 4.